The van der Waals surface area contributed by atoms with Gasteiger partial charge in [0, 0.05) is 13.3 Å². The molecule has 8 N–H and O–H groups in total. The first-order valence-electron chi connectivity index (χ1n) is 11.1. The number of aromatic nitrogens is 4. The molecular formula is C19H31N7O10. The van der Waals surface area contributed by atoms with Crippen LogP contribution in [0.2, 0.25) is 0 Å². The van der Waals surface area contributed by atoms with E-state index in [0.29, 0.717) is 0 Å². The van der Waals surface area contributed by atoms with Crippen molar-refractivity contribution in [2.24, 2.45) is 0 Å². The average Bonchev–Trinajstić information content (AvgIpc) is 3.35. The third-order valence-corrected chi connectivity index (χ3v) is 5.36. The number of amides is 3. The molecule has 3 amide bonds. The van der Waals surface area contributed by atoms with Gasteiger partial charge in [0.05, 0.1) is 12.6 Å². The van der Waals surface area contributed by atoms with Crippen LogP contribution < -0.4 is 16.0 Å². The summed E-state index contributed by atoms with van der Waals surface area (Å²) < 4.78 is 10.7. The van der Waals surface area contributed by atoms with E-state index in [4.69, 9.17) is 14.6 Å². The van der Waals surface area contributed by atoms with Gasteiger partial charge in [0.15, 0.2) is 12.1 Å². The van der Waals surface area contributed by atoms with Crippen LogP contribution in [0.15, 0.2) is 0 Å². The molecule has 0 aliphatic carbocycles. The van der Waals surface area contributed by atoms with Crippen LogP contribution in [0.5, 0.6) is 0 Å². The summed E-state index contributed by atoms with van der Waals surface area (Å²) in [6, 6.07) is -3.24. The topological polar surface area (TPSA) is 258 Å². The van der Waals surface area contributed by atoms with E-state index in [1.165, 1.54) is 20.8 Å². The Morgan fingerprint density at radius 1 is 1.17 bits per heavy atom. The fourth-order valence-electron chi connectivity index (χ4n) is 3.48. The largest absolute Gasteiger partial charge is 0.481 e. The molecule has 8 atom stereocenters. The number of hydrogen-bond acceptors (Lipinski definition) is 12. The molecule has 0 bridgehead atoms. The molecule has 1 aliphatic heterocycles. The molecule has 0 aromatic carbocycles. The molecule has 1 fully saturated rings. The molecule has 202 valence electrons. The van der Waals surface area contributed by atoms with Crippen LogP contribution in [0.4, 0.5) is 0 Å². The van der Waals surface area contributed by atoms with Crippen molar-refractivity contribution in [2.45, 2.75) is 82.4 Å². The number of tetrazole rings is 1. The van der Waals surface area contributed by atoms with E-state index in [1.807, 2.05) is 0 Å². The summed E-state index contributed by atoms with van der Waals surface area (Å²) in [5, 5.41) is 59.4. The van der Waals surface area contributed by atoms with Gasteiger partial charge in [0.2, 0.25) is 17.7 Å². The van der Waals surface area contributed by atoms with Gasteiger partial charge in [-0.2, -0.15) is 5.21 Å². The van der Waals surface area contributed by atoms with Gasteiger partial charge in [-0.3, -0.25) is 19.2 Å². The van der Waals surface area contributed by atoms with Crippen molar-refractivity contribution >= 4 is 23.7 Å². The van der Waals surface area contributed by atoms with E-state index in [0.717, 1.165) is 0 Å². The monoisotopic (exact) mass is 517 g/mol. The third kappa shape index (κ3) is 7.89. The number of aliphatic carboxylic acids is 1. The van der Waals surface area contributed by atoms with Crippen LogP contribution >= 0.6 is 0 Å². The SMILES string of the molecule is CC(=O)N[C@@H]1[C@@H](O[C@H](C)C(=O)N[C@@H](C)C(=O)N[C@H](CCC(=O)O)c2nn[nH]n2)[C@H](O)[C@@H](CO)O[C@@H]1O. The highest BCUT2D eigenvalue weighted by atomic mass is 16.6. The summed E-state index contributed by atoms with van der Waals surface area (Å²) in [5.74, 6) is -3.03. The number of carboxylic acid groups (broad SMARTS) is 1. The Hall–Kier alpha value is -3.25. The lowest BCUT2D eigenvalue weighted by Gasteiger charge is -2.43. The molecule has 2 rings (SSSR count). The minimum atomic E-state index is -1.63. The number of carbonyl (C=O) groups is 4. The lowest BCUT2D eigenvalue weighted by Crippen LogP contribution is -2.65. The van der Waals surface area contributed by atoms with Crippen molar-refractivity contribution in [2.75, 3.05) is 6.61 Å². The van der Waals surface area contributed by atoms with E-state index >= 15 is 0 Å². The number of aliphatic hydroxyl groups is 3. The summed E-state index contributed by atoms with van der Waals surface area (Å²) in [4.78, 5) is 47.7. The number of carboxylic acids is 1. The zero-order valence-corrected chi connectivity index (χ0v) is 19.8. The summed E-state index contributed by atoms with van der Waals surface area (Å²) >= 11 is 0. The van der Waals surface area contributed by atoms with Crippen molar-refractivity contribution in [3.8, 4) is 0 Å². The van der Waals surface area contributed by atoms with Crippen LogP contribution in [-0.2, 0) is 28.7 Å². The molecule has 17 nitrogen and oxygen atoms in total. The highest BCUT2D eigenvalue weighted by molar-refractivity contribution is 5.89. The fourth-order valence-corrected chi connectivity index (χ4v) is 3.48. The quantitative estimate of drug-likeness (QED) is 0.132. The Labute approximate surface area is 204 Å². The van der Waals surface area contributed by atoms with Gasteiger partial charge < -0.3 is 45.9 Å². The second kappa shape index (κ2) is 13.2. The van der Waals surface area contributed by atoms with Gasteiger partial charge in [-0.15, -0.1) is 10.2 Å². The molecule has 36 heavy (non-hydrogen) atoms. The summed E-state index contributed by atoms with van der Waals surface area (Å²) in [6.07, 6.45) is -7.29. The van der Waals surface area contributed by atoms with Crippen LogP contribution in [-0.4, -0.2) is 114 Å². The van der Waals surface area contributed by atoms with E-state index < -0.39 is 79.1 Å². The van der Waals surface area contributed by atoms with E-state index in [-0.39, 0.29) is 18.7 Å². The van der Waals surface area contributed by atoms with Gasteiger partial charge in [-0.1, -0.05) is 5.21 Å². The van der Waals surface area contributed by atoms with Crippen molar-refractivity contribution in [3.05, 3.63) is 5.82 Å². The Morgan fingerprint density at radius 3 is 2.42 bits per heavy atom. The number of nitrogens with zero attached hydrogens (tertiary/aromatic N) is 3. The van der Waals surface area contributed by atoms with Crippen LogP contribution in [0, 0.1) is 0 Å². The number of nitrogens with one attached hydrogen (secondary N) is 4. The Kier molecular flexibility index (Phi) is 10.6. The third-order valence-electron chi connectivity index (χ3n) is 5.36. The number of H-pyrrole nitrogens is 1. The van der Waals surface area contributed by atoms with E-state index in [1.54, 1.807) is 0 Å². The molecule has 0 spiro atoms. The molecule has 0 saturated carbocycles. The van der Waals surface area contributed by atoms with Gasteiger partial charge in [0.25, 0.3) is 0 Å². The number of ether oxygens (including phenoxy) is 2. The van der Waals surface area contributed by atoms with Crippen LogP contribution in [0.25, 0.3) is 0 Å². The summed E-state index contributed by atoms with van der Waals surface area (Å²) in [5.41, 5.74) is 0. The molecule has 1 aliphatic rings. The van der Waals surface area contributed by atoms with Gasteiger partial charge in [0.1, 0.15) is 36.5 Å². The maximum Gasteiger partial charge on any atom is 0.303 e. The molecular weight excluding hydrogens is 486 g/mol. The molecule has 0 unspecified atom stereocenters. The van der Waals surface area contributed by atoms with E-state index in [9.17, 15) is 34.5 Å². The second-order valence-corrected chi connectivity index (χ2v) is 8.20. The predicted molar refractivity (Wildman–Crippen MR) is 115 cm³/mol. The maximum atomic E-state index is 12.7. The fraction of sp³-hybridized carbons (Fsp3) is 0.737. The lowest BCUT2D eigenvalue weighted by molar-refractivity contribution is -0.266. The first kappa shape index (κ1) is 29.0. The highest BCUT2D eigenvalue weighted by Gasteiger charge is 2.47. The first-order valence-corrected chi connectivity index (χ1v) is 11.1. The number of rotatable bonds is 12. The smallest absolute Gasteiger partial charge is 0.303 e. The molecule has 1 saturated heterocycles. The summed E-state index contributed by atoms with van der Waals surface area (Å²) in [6.45, 7) is 3.21. The molecule has 1 aromatic heterocycles. The second-order valence-electron chi connectivity index (χ2n) is 8.20. The molecule has 1 aromatic rings. The Morgan fingerprint density at radius 2 is 1.86 bits per heavy atom. The molecule has 0 radical (unpaired) electrons. The first-order chi connectivity index (χ1) is 16.9. The van der Waals surface area contributed by atoms with Crippen molar-refractivity contribution in [3.63, 3.8) is 0 Å². The van der Waals surface area contributed by atoms with Gasteiger partial charge in [-0.05, 0) is 20.3 Å². The average molecular weight is 517 g/mol. The van der Waals surface area contributed by atoms with Crippen molar-refractivity contribution < 1.29 is 49.1 Å². The molecule has 17 heteroatoms. The normalized spacial score (nSPS) is 26.3. The Bertz CT molecular complexity index is 901. The number of aliphatic hydroxyl groups excluding tert-OH is 3. The standard InChI is InChI=1S/C19H31N7O10/c1-7(17(32)22-10(4-5-12(29)30)16-23-25-26-24-16)20-18(33)8(2)35-15-13(21-9(3)28)19(34)36-11(6-27)14(15)31/h7-8,10-11,13-15,19,27,31,34H,4-6H2,1-3H3,(H,20,33)(H,21,28)(H,22,32)(H,29,30)(H,23,24,25,26)/t7-,8+,10+,11+,13+,14+,15+,19-/m0/s1. The predicted octanol–water partition coefficient (Wildman–Crippen LogP) is -3.92. The minimum Gasteiger partial charge on any atom is -0.481 e. The molecule has 2 heterocycles. The minimum absolute atomic E-state index is 0.0265. The van der Waals surface area contributed by atoms with Gasteiger partial charge >= 0.3 is 5.97 Å². The number of hydrogen-bond donors (Lipinski definition) is 8. The lowest BCUT2D eigenvalue weighted by atomic mass is 9.96. The summed E-state index contributed by atoms with van der Waals surface area (Å²) in [7, 11) is 0. The Balaban J connectivity index is 2.02. The zero-order valence-electron chi connectivity index (χ0n) is 19.8. The van der Waals surface area contributed by atoms with E-state index in [2.05, 4.69) is 36.6 Å². The zero-order chi connectivity index (χ0) is 27.0. The van der Waals surface area contributed by atoms with Crippen LogP contribution in [0.1, 0.15) is 45.5 Å². The maximum absolute atomic E-state index is 12.7. The van der Waals surface area contributed by atoms with Crippen molar-refractivity contribution in [1.29, 1.82) is 0 Å². The highest BCUT2D eigenvalue weighted by Crippen LogP contribution is 2.24. The van der Waals surface area contributed by atoms with Crippen molar-refractivity contribution in [1.82, 2.24) is 36.6 Å². The van der Waals surface area contributed by atoms with Crippen LogP contribution in [0.3, 0.4) is 0 Å². The van der Waals surface area contributed by atoms with Gasteiger partial charge in [-0.25, -0.2) is 0 Å². The number of aromatic amines is 1. The number of carbonyl (C=O) groups excluding carboxylic acids is 3.